The van der Waals surface area contributed by atoms with Crippen LogP contribution in [0.5, 0.6) is 0 Å². The van der Waals surface area contributed by atoms with E-state index in [0.29, 0.717) is 18.9 Å². The summed E-state index contributed by atoms with van der Waals surface area (Å²) in [6.45, 7) is -0.362. The lowest BCUT2D eigenvalue weighted by molar-refractivity contribution is -0.388. The zero-order chi connectivity index (χ0) is 15.8. The molecule has 1 aromatic carbocycles. The van der Waals surface area contributed by atoms with Crippen molar-refractivity contribution >= 4 is 21.7 Å². The Morgan fingerprint density at radius 3 is 2.57 bits per heavy atom. The Hall–Kier alpha value is -2.07. The van der Waals surface area contributed by atoms with Gasteiger partial charge in [0.15, 0.2) is 4.90 Å². The standard InChI is InChI=1S/C11H11FN2O6S/c12-7-1-2-9(8(5-7)14(17)18)21(19,20)13-6-11(3-4-11)10(15)16/h1-2,5,13H,3-4,6H2,(H,15,16). The average Bonchev–Trinajstić information content (AvgIpc) is 3.17. The molecule has 0 aliphatic heterocycles. The predicted octanol–water partition coefficient (Wildman–Crippen LogP) is 0.877. The van der Waals surface area contributed by atoms with Gasteiger partial charge in [0.25, 0.3) is 5.69 Å². The number of nitro benzene ring substituents is 1. The number of nitrogens with one attached hydrogen (secondary N) is 1. The van der Waals surface area contributed by atoms with Crippen LogP contribution in [0.15, 0.2) is 23.1 Å². The Kier molecular flexibility index (Phi) is 3.68. The molecule has 0 aromatic heterocycles. The van der Waals surface area contributed by atoms with Crippen molar-refractivity contribution in [3.8, 4) is 0 Å². The highest BCUT2D eigenvalue weighted by atomic mass is 32.2. The van der Waals surface area contributed by atoms with Crippen LogP contribution < -0.4 is 4.72 Å². The van der Waals surface area contributed by atoms with Crippen LogP contribution in [-0.4, -0.2) is 31.0 Å². The van der Waals surface area contributed by atoms with Gasteiger partial charge in [-0.25, -0.2) is 17.5 Å². The number of carbonyl (C=O) groups is 1. The van der Waals surface area contributed by atoms with Gasteiger partial charge in [-0.15, -0.1) is 0 Å². The maximum atomic E-state index is 13.0. The molecule has 1 aromatic rings. The minimum absolute atomic E-state index is 0.330. The van der Waals surface area contributed by atoms with Gasteiger partial charge in [0, 0.05) is 6.54 Å². The summed E-state index contributed by atoms with van der Waals surface area (Å²) in [6, 6.07) is 2.06. The second-order valence-corrected chi connectivity index (χ2v) is 6.51. The first-order chi connectivity index (χ1) is 9.68. The molecule has 2 N–H and O–H groups in total. The van der Waals surface area contributed by atoms with E-state index in [2.05, 4.69) is 0 Å². The van der Waals surface area contributed by atoms with E-state index < -0.39 is 42.7 Å². The minimum Gasteiger partial charge on any atom is -0.481 e. The van der Waals surface area contributed by atoms with Crippen LogP contribution in [0.2, 0.25) is 0 Å². The first-order valence-electron chi connectivity index (χ1n) is 5.85. The molecule has 0 bridgehead atoms. The van der Waals surface area contributed by atoms with Crippen molar-refractivity contribution < 1.29 is 27.6 Å². The molecule has 1 fully saturated rings. The first kappa shape index (κ1) is 15.3. The number of hydrogen-bond acceptors (Lipinski definition) is 5. The lowest BCUT2D eigenvalue weighted by Gasteiger charge is -2.11. The number of nitrogens with zero attached hydrogens (tertiary/aromatic N) is 1. The number of hydrogen-bond donors (Lipinski definition) is 2. The van der Waals surface area contributed by atoms with Crippen LogP contribution >= 0.6 is 0 Å². The van der Waals surface area contributed by atoms with Gasteiger partial charge >= 0.3 is 5.97 Å². The van der Waals surface area contributed by atoms with Gasteiger partial charge in [0.1, 0.15) is 5.82 Å². The van der Waals surface area contributed by atoms with E-state index in [4.69, 9.17) is 5.11 Å². The number of halogens is 1. The number of nitro groups is 1. The number of rotatable bonds is 6. The van der Waals surface area contributed by atoms with Crippen molar-refractivity contribution in [1.29, 1.82) is 0 Å². The van der Waals surface area contributed by atoms with Gasteiger partial charge in [0.2, 0.25) is 10.0 Å². The molecule has 0 heterocycles. The van der Waals surface area contributed by atoms with Crippen molar-refractivity contribution in [2.45, 2.75) is 17.7 Å². The van der Waals surface area contributed by atoms with Crippen molar-refractivity contribution in [1.82, 2.24) is 4.72 Å². The number of carboxylic acid groups (broad SMARTS) is 1. The molecule has 8 nitrogen and oxygen atoms in total. The smallest absolute Gasteiger partial charge is 0.310 e. The first-order valence-corrected chi connectivity index (χ1v) is 7.33. The van der Waals surface area contributed by atoms with Crippen LogP contribution in [0, 0.1) is 21.3 Å². The SMILES string of the molecule is O=C(O)C1(CNS(=O)(=O)c2ccc(F)cc2[N+](=O)[O-])CC1. The summed E-state index contributed by atoms with van der Waals surface area (Å²) in [5.41, 5.74) is -2.05. The molecule has 114 valence electrons. The van der Waals surface area contributed by atoms with E-state index >= 15 is 0 Å². The fourth-order valence-corrected chi connectivity index (χ4v) is 3.07. The summed E-state index contributed by atoms with van der Waals surface area (Å²) in [7, 11) is -4.30. The lowest BCUT2D eigenvalue weighted by atomic mass is 10.1. The summed E-state index contributed by atoms with van der Waals surface area (Å²) < 4.78 is 39.1. The molecule has 2 rings (SSSR count). The Balaban J connectivity index is 2.28. The molecule has 1 aliphatic carbocycles. The summed E-state index contributed by atoms with van der Waals surface area (Å²) >= 11 is 0. The fraction of sp³-hybridized carbons (Fsp3) is 0.364. The Bertz CT molecular complexity index is 713. The Morgan fingerprint density at radius 1 is 1.48 bits per heavy atom. The molecule has 10 heteroatoms. The van der Waals surface area contributed by atoms with Crippen LogP contribution in [0.4, 0.5) is 10.1 Å². The molecule has 1 aliphatic rings. The van der Waals surface area contributed by atoms with Crippen molar-refractivity contribution in [3.05, 3.63) is 34.1 Å². The summed E-state index contributed by atoms with van der Waals surface area (Å²) in [5.74, 6) is -2.07. The van der Waals surface area contributed by atoms with Crippen molar-refractivity contribution in [2.75, 3.05) is 6.54 Å². The van der Waals surface area contributed by atoms with Gasteiger partial charge in [-0.3, -0.25) is 14.9 Å². The van der Waals surface area contributed by atoms with Gasteiger partial charge in [0.05, 0.1) is 16.4 Å². The minimum atomic E-state index is -4.30. The zero-order valence-corrected chi connectivity index (χ0v) is 11.4. The van der Waals surface area contributed by atoms with E-state index in [9.17, 15) is 27.7 Å². The Morgan fingerprint density at radius 2 is 2.10 bits per heavy atom. The van der Waals surface area contributed by atoms with Crippen LogP contribution in [0.25, 0.3) is 0 Å². The highest BCUT2D eigenvalue weighted by Crippen LogP contribution is 2.45. The molecule has 0 atom stereocenters. The molecular weight excluding hydrogens is 307 g/mol. The molecule has 21 heavy (non-hydrogen) atoms. The molecular formula is C11H11FN2O6S. The largest absolute Gasteiger partial charge is 0.481 e. The third-order valence-electron chi connectivity index (χ3n) is 3.32. The third kappa shape index (κ3) is 3.00. The maximum Gasteiger partial charge on any atom is 0.310 e. The maximum absolute atomic E-state index is 13.0. The number of sulfonamides is 1. The third-order valence-corrected chi connectivity index (χ3v) is 4.76. The Labute approximate surface area is 118 Å². The second kappa shape index (κ2) is 5.04. The summed E-state index contributed by atoms with van der Waals surface area (Å²) in [5, 5.41) is 19.8. The number of benzene rings is 1. The predicted molar refractivity (Wildman–Crippen MR) is 67.5 cm³/mol. The van der Waals surface area contributed by atoms with E-state index in [0.717, 1.165) is 12.1 Å². The number of carboxylic acids is 1. The van der Waals surface area contributed by atoms with Crippen LogP contribution in [-0.2, 0) is 14.8 Å². The number of aliphatic carboxylic acids is 1. The normalized spacial score (nSPS) is 16.4. The van der Waals surface area contributed by atoms with Crippen molar-refractivity contribution in [3.63, 3.8) is 0 Å². The van der Waals surface area contributed by atoms with Gasteiger partial charge in [-0.05, 0) is 25.0 Å². The summed E-state index contributed by atoms with van der Waals surface area (Å²) in [6.07, 6.45) is 0.659. The van der Waals surface area contributed by atoms with E-state index in [-0.39, 0.29) is 6.54 Å². The van der Waals surface area contributed by atoms with E-state index in [1.807, 2.05) is 4.72 Å². The lowest BCUT2D eigenvalue weighted by Crippen LogP contribution is -2.34. The second-order valence-electron chi connectivity index (χ2n) is 4.78. The molecule has 0 unspecified atom stereocenters. The molecule has 0 spiro atoms. The fourth-order valence-electron chi connectivity index (χ4n) is 1.79. The molecule has 0 saturated heterocycles. The summed E-state index contributed by atoms with van der Waals surface area (Å²) in [4.78, 5) is 20.0. The monoisotopic (exact) mass is 318 g/mol. The van der Waals surface area contributed by atoms with Gasteiger partial charge < -0.3 is 5.11 Å². The molecule has 0 radical (unpaired) electrons. The molecule has 0 amide bonds. The van der Waals surface area contributed by atoms with E-state index in [1.165, 1.54) is 0 Å². The van der Waals surface area contributed by atoms with Crippen LogP contribution in [0.3, 0.4) is 0 Å². The van der Waals surface area contributed by atoms with E-state index in [1.54, 1.807) is 0 Å². The van der Waals surface area contributed by atoms with Crippen molar-refractivity contribution in [2.24, 2.45) is 5.41 Å². The zero-order valence-electron chi connectivity index (χ0n) is 10.6. The average molecular weight is 318 g/mol. The van der Waals surface area contributed by atoms with Gasteiger partial charge in [-0.2, -0.15) is 0 Å². The topological polar surface area (TPSA) is 127 Å². The highest BCUT2D eigenvalue weighted by molar-refractivity contribution is 7.89. The quantitative estimate of drug-likeness (QED) is 0.592. The van der Waals surface area contributed by atoms with Crippen LogP contribution in [0.1, 0.15) is 12.8 Å². The van der Waals surface area contributed by atoms with Gasteiger partial charge in [-0.1, -0.05) is 0 Å². The highest BCUT2D eigenvalue weighted by Gasteiger charge is 2.50. The molecule has 1 saturated carbocycles.